The predicted octanol–water partition coefficient (Wildman–Crippen LogP) is 3.79. The number of benzene rings is 1. The zero-order chi connectivity index (χ0) is 18.7. The second kappa shape index (κ2) is 7.60. The van der Waals surface area contributed by atoms with Gasteiger partial charge in [-0.1, -0.05) is 0 Å². The number of halogens is 3. The number of amides is 1. The minimum absolute atomic E-state index is 0.0126. The Bertz CT molecular complexity index is 859. The molecule has 1 aliphatic carbocycles. The van der Waals surface area contributed by atoms with E-state index in [2.05, 4.69) is 21.1 Å². The van der Waals surface area contributed by atoms with Crippen LogP contribution in [-0.4, -0.2) is 23.5 Å². The highest BCUT2D eigenvalue weighted by atomic mass is 19.3. The van der Waals surface area contributed by atoms with E-state index in [9.17, 15) is 18.0 Å². The number of hydrogen-bond acceptors (Lipinski definition) is 4. The molecule has 5 nitrogen and oxygen atoms in total. The number of rotatable bonds is 4. The molecule has 1 amide bonds. The van der Waals surface area contributed by atoms with Crippen molar-refractivity contribution in [2.24, 2.45) is 5.92 Å². The summed E-state index contributed by atoms with van der Waals surface area (Å²) in [6.45, 7) is -3.14. The van der Waals surface area contributed by atoms with Gasteiger partial charge >= 0.3 is 6.61 Å². The molecule has 2 aromatic rings. The Balaban J connectivity index is 1.74. The van der Waals surface area contributed by atoms with Gasteiger partial charge in [-0.25, -0.2) is 4.39 Å². The maximum atomic E-state index is 13.8. The minimum atomic E-state index is -3.14. The summed E-state index contributed by atoms with van der Waals surface area (Å²) in [5.74, 6) is -1.84. The highest BCUT2D eigenvalue weighted by molar-refractivity contribution is 5.97. The molecule has 1 aromatic heterocycles. The number of carbonyl (C=O) groups excluding carboxylic acids is 1. The van der Waals surface area contributed by atoms with E-state index in [1.807, 2.05) is 0 Å². The summed E-state index contributed by atoms with van der Waals surface area (Å²) < 4.78 is 42.5. The third kappa shape index (κ3) is 4.04. The lowest BCUT2D eigenvalue weighted by molar-refractivity contribution is -0.0520. The number of carbonyl (C=O) groups is 1. The van der Waals surface area contributed by atoms with Gasteiger partial charge in [0, 0.05) is 29.6 Å². The van der Waals surface area contributed by atoms with Gasteiger partial charge < -0.3 is 10.1 Å². The quantitative estimate of drug-likeness (QED) is 0.897. The van der Waals surface area contributed by atoms with Crippen molar-refractivity contribution in [3.63, 3.8) is 0 Å². The van der Waals surface area contributed by atoms with E-state index in [-0.39, 0.29) is 28.9 Å². The maximum Gasteiger partial charge on any atom is 0.387 e. The second-order valence-corrected chi connectivity index (χ2v) is 6.23. The van der Waals surface area contributed by atoms with Crippen LogP contribution < -0.4 is 10.1 Å². The molecule has 0 aliphatic heterocycles. The van der Waals surface area contributed by atoms with Crippen molar-refractivity contribution in [3.8, 4) is 11.8 Å². The number of fused-ring (bicyclic) bond motifs is 1. The van der Waals surface area contributed by atoms with Crippen LogP contribution in [0.15, 0.2) is 24.4 Å². The molecule has 0 spiro atoms. The normalized spacial score (nSPS) is 20.0. The van der Waals surface area contributed by atoms with E-state index in [1.54, 1.807) is 0 Å². The monoisotopic (exact) mass is 363 g/mol. The minimum Gasteiger partial charge on any atom is -0.432 e. The van der Waals surface area contributed by atoms with Crippen molar-refractivity contribution < 1.29 is 22.7 Å². The Kier molecular flexibility index (Phi) is 5.26. The molecule has 0 saturated heterocycles. The van der Waals surface area contributed by atoms with Crippen molar-refractivity contribution in [3.05, 3.63) is 35.8 Å². The first-order valence-corrected chi connectivity index (χ1v) is 8.21. The Morgan fingerprint density at radius 3 is 2.65 bits per heavy atom. The molecule has 1 heterocycles. The molecule has 3 rings (SSSR count). The zero-order valence-electron chi connectivity index (χ0n) is 13.7. The molecule has 0 bridgehead atoms. The number of nitrogens with zero attached hydrogens (tertiary/aromatic N) is 2. The van der Waals surface area contributed by atoms with Crippen LogP contribution in [0.1, 0.15) is 36.0 Å². The molecule has 1 aliphatic rings. The summed E-state index contributed by atoms with van der Waals surface area (Å²) in [5, 5.41) is 12.1. The summed E-state index contributed by atoms with van der Waals surface area (Å²) >= 11 is 0. The molecule has 136 valence electrons. The van der Waals surface area contributed by atoms with Crippen molar-refractivity contribution in [1.29, 1.82) is 5.26 Å². The van der Waals surface area contributed by atoms with Crippen LogP contribution in [0.3, 0.4) is 0 Å². The van der Waals surface area contributed by atoms with Crippen LogP contribution >= 0.6 is 0 Å². The standard InChI is InChI=1S/C18H16F3N3O2/c19-14-6-11-5-12(9-23-15(11)7-16(14)26-18(20)21)17(25)24-13-3-1-10(8-22)2-4-13/h5-7,9-10,13,18H,1-4H2,(H,24,25)/t10-,13-. The first kappa shape index (κ1) is 18.0. The zero-order valence-corrected chi connectivity index (χ0v) is 13.7. The van der Waals surface area contributed by atoms with E-state index < -0.39 is 18.2 Å². The number of aromatic nitrogens is 1. The largest absolute Gasteiger partial charge is 0.432 e. The van der Waals surface area contributed by atoms with Gasteiger partial charge in [-0.3, -0.25) is 9.78 Å². The molecule has 0 unspecified atom stereocenters. The molecular formula is C18H16F3N3O2. The maximum absolute atomic E-state index is 13.8. The van der Waals surface area contributed by atoms with Gasteiger partial charge in [0.2, 0.25) is 0 Å². The van der Waals surface area contributed by atoms with E-state index in [0.717, 1.165) is 37.8 Å². The average molecular weight is 363 g/mol. The number of nitriles is 1. The summed E-state index contributed by atoms with van der Waals surface area (Å²) in [4.78, 5) is 16.4. The van der Waals surface area contributed by atoms with Crippen LogP contribution in [0.25, 0.3) is 10.9 Å². The lowest BCUT2D eigenvalue weighted by Crippen LogP contribution is -2.37. The molecular weight excluding hydrogens is 347 g/mol. The smallest absolute Gasteiger partial charge is 0.387 e. The highest BCUT2D eigenvalue weighted by Gasteiger charge is 2.23. The van der Waals surface area contributed by atoms with Gasteiger partial charge in [-0.15, -0.1) is 0 Å². The fraction of sp³-hybridized carbons (Fsp3) is 0.389. The van der Waals surface area contributed by atoms with E-state index >= 15 is 0 Å². The molecule has 0 atom stereocenters. The topological polar surface area (TPSA) is 75.0 Å². The number of alkyl halides is 2. The predicted molar refractivity (Wildman–Crippen MR) is 87.2 cm³/mol. The molecule has 26 heavy (non-hydrogen) atoms. The van der Waals surface area contributed by atoms with Gasteiger partial charge in [0.25, 0.3) is 5.91 Å². The Morgan fingerprint density at radius 1 is 1.27 bits per heavy atom. The summed E-state index contributed by atoms with van der Waals surface area (Å²) in [7, 11) is 0. The van der Waals surface area contributed by atoms with Crippen molar-refractivity contribution in [2.75, 3.05) is 0 Å². The molecule has 1 N–H and O–H groups in total. The van der Waals surface area contributed by atoms with Crippen LogP contribution in [0.5, 0.6) is 5.75 Å². The Hall–Kier alpha value is -2.82. The van der Waals surface area contributed by atoms with E-state index in [4.69, 9.17) is 5.26 Å². The van der Waals surface area contributed by atoms with Crippen LogP contribution in [0.4, 0.5) is 13.2 Å². The number of nitrogens with one attached hydrogen (secondary N) is 1. The number of ether oxygens (including phenoxy) is 1. The van der Waals surface area contributed by atoms with Crippen molar-refractivity contribution in [1.82, 2.24) is 10.3 Å². The van der Waals surface area contributed by atoms with E-state index in [1.165, 1.54) is 12.3 Å². The van der Waals surface area contributed by atoms with Crippen LogP contribution in [-0.2, 0) is 0 Å². The summed E-state index contributed by atoms with van der Waals surface area (Å²) in [6.07, 6.45) is 4.26. The number of pyridine rings is 1. The van der Waals surface area contributed by atoms with Crippen molar-refractivity contribution in [2.45, 2.75) is 38.3 Å². The lowest BCUT2D eigenvalue weighted by atomic mass is 9.87. The van der Waals surface area contributed by atoms with E-state index in [0.29, 0.717) is 5.39 Å². The summed E-state index contributed by atoms with van der Waals surface area (Å²) in [6, 6.07) is 5.76. The van der Waals surface area contributed by atoms with Crippen LogP contribution in [0, 0.1) is 23.1 Å². The molecule has 0 radical (unpaired) electrons. The van der Waals surface area contributed by atoms with Gasteiger partial charge in [0.15, 0.2) is 11.6 Å². The third-order valence-electron chi connectivity index (χ3n) is 4.46. The second-order valence-electron chi connectivity index (χ2n) is 6.23. The fourth-order valence-electron chi connectivity index (χ4n) is 3.08. The highest BCUT2D eigenvalue weighted by Crippen LogP contribution is 2.26. The SMILES string of the molecule is N#C[C@H]1CC[C@H](NC(=O)c2cnc3cc(OC(F)F)c(F)cc3c2)CC1. The number of hydrogen-bond donors (Lipinski definition) is 1. The molecule has 1 aromatic carbocycles. The first-order chi connectivity index (χ1) is 12.5. The van der Waals surface area contributed by atoms with Gasteiger partial charge in [0.05, 0.1) is 17.1 Å². The molecule has 1 saturated carbocycles. The van der Waals surface area contributed by atoms with Gasteiger partial charge in [-0.2, -0.15) is 14.0 Å². The van der Waals surface area contributed by atoms with Crippen LogP contribution in [0.2, 0.25) is 0 Å². The van der Waals surface area contributed by atoms with Gasteiger partial charge in [-0.05, 0) is 37.8 Å². The van der Waals surface area contributed by atoms with Gasteiger partial charge in [0.1, 0.15) is 0 Å². The Labute approximate surface area is 147 Å². The summed E-state index contributed by atoms with van der Waals surface area (Å²) in [5.41, 5.74) is 0.495. The molecule has 8 heteroatoms. The third-order valence-corrected chi connectivity index (χ3v) is 4.46. The fourth-order valence-corrected chi connectivity index (χ4v) is 3.08. The van der Waals surface area contributed by atoms with Crippen molar-refractivity contribution >= 4 is 16.8 Å². The lowest BCUT2D eigenvalue weighted by Gasteiger charge is -2.25. The first-order valence-electron chi connectivity index (χ1n) is 8.21. The average Bonchev–Trinajstić information content (AvgIpc) is 2.62. The Morgan fingerprint density at radius 2 is 2.00 bits per heavy atom. The molecule has 1 fully saturated rings.